The molecule has 2 aromatic rings. The molecule has 0 aromatic heterocycles. The van der Waals surface area contributed by atoms with Crippen LogP contribution in [0.25, 0.3) is 0 Å². The third-order valence-electron chi connectivity index (χ3n) is 4.37. The Hall–Kier alpha value is -2.60. The van der Waals surface area contributed by atoms with Crippen LogP contribution in [0.1, 0.15) is 15.9 Å². The third kappa shape index (κ3) is 4.52. The molecule has 26 heavy (non-hydrogen) atoms. The SMILES string of the molecule is O=C(/C=C/N1CCN(Cc2ccc(F)cc2)CC1)c1c(F)cccc1F. The number of piperazine rings is 1. The highest BCUT2D eigenvalue weighted by Gasteiger charge is 2.17. The smallest absolute Gasteiger partial charge is 0.193 e. The number of ketones is 1. The maximum atomic E-state index is 13.6. The van der Waals surface area contributed by atoms with E-state index in [1.54, 1.807) is 18.3 Å². The zero-order valence-electron chi connectivity index (χ0n) is 14.2. The number of carbonyl (C=O) groups excluding carboxylic acids is 1. The highest BCUT2D eigenvalue weighted by atomic mass is 19.1. The van der Waals surface area contributed by atoms with Crippen LogP contribution in [0.2, 0.25) is 0 Å². The molecule has 0 atom stereocenters. The van der Waals surface area contributed by atoms with Gasteiger partial charge in [-0.15, -0.1) is 0 Å². The maximum Gasteiger partial charge on any atom is 0.193 e. The molecule has 0 bridgehead atoms. The quantitative estimate of drug-likeness (QED) is 0.601. The van der Waals surface area contributed by atoms with Crippen LogP contribution >= 0.6 is 0 Å². The van der Waals surface area contributed by atoms with Crippen molar-refractivity contribution in [3.63, 3.8) is 0 Å². The Bertz CT molecular complexity index is 777. The summed E-state index contributed by atoms with van der Waals surface area (Å²) in [5, 5.41) is 0. The standard InChI is InChI=1S/C20H19F3N2O/c21-16-6-4-15(5-7-16)14-25-12-10-24(11-13-25)9-8-19(26)20-17(22)2-1-3-18(20)23/h1-9H,10-14H2/b9-8+. The number of hydrogen-bond acceptors (Lipinski definition) is 3. The van der Waals surface area contributed by atoms with Crippen molar-refractivity contribution in [2.75, 3.05) is 26.2 Å². The van der Waals surface area contributed by atoms with Crippen molar-refractivity contribution in [3.05, 3.63) is 83.3 Å². The van der Waals surface area contributed by atoms with Crippen LogP contribution in [-0.4, -0.2) is 41.8 Å². The van der Waals surface area contributed by atoms with Crippen molar-refractivity contribution in [2.24, 2.45) is 0 Å². The minimum atomic E-state index is -0.858. The minimum absolute atomic E-state index is 0.250. The van der Waals surface area contributed by atoms with Gasteiger partial charge >= 0.3 is 0 Å². The molecule has 1 heterocycles. The van der Waals surface area contributed by atoms with Crippen LogP contribution in [-0.2, 0) is 6.54 Å². The molecule has 1 fully saturated rings. The zero-order chi connectivity index (χ0) is 18.5. The molecule has 1 aliphatic rings. The lowest BCUT2D eigenvalue weighted by molar-refractivity contribution is 0.103. The molecule has 2 aromatic carbocycles. The summed E-state index contributed by atoms with van der Waals surface area (Å²) in [5.41, 5.74) is 0.513. The predicted octanol–water partition coefficient (Wildman–Crippen LogP) is 3.62. The number of nitrogens with zero attached hydrogens (tertiary/aromatic N) is 2. The first kappa shape index (κ1) is 18.2. The minimum Gasteiger partial charge on any atom is -0.375 e. The average Bonchev–Trinajstić information content (AvgIpc) is 2.63. The van der Waals surface area contributed by atoms with Gasteiger partial charge in [0.1, 0.15) is 17.5 Å². The molecule has 3 rings (SSSR count). The molecule has 0 amide bonds. The van der Waals surface area contributed by atoms with Gasteiger partial charge in [0.05, 0.1) is 5.56 Å². The molecule has 0 spiro atoms. The summed E-state index contributed by atoms with van der Waals surface area (Å²) in [6.45, 7) is 3.70. The average molecular weight is 360 g/mol. The molecule has 6 heteroatoms. The van der Waals surface area contributed by atoms with Crippen molar-refractivity contribution < 1.29 is 18.0 Å². The second-order valence-corrected chi connectivity index (χ2v) is 6.22. The Morgan fingerprint density at radius 2 is 1.54 bits per heavy atom. The highest BCUT2D eigenvalue weighted by molar-refractivity contribution is 6.04. The van der Waals surface area contributed by atoms with E-state index in [2.05, 4.69) is 4.90 Å². The first-order valence-electron chi connectivity index (χ1n) is 8.40. The van der Waals surface area contributed by atoms with E-state index in [1.165, 1.54) is 24.3 Å². The fourth-order valence-electron chi connectivity index (χ4n) is 2.91. The van der Waals surface area contributed by atoms with E-state index in [0.717, 1.165) is 37.3 Å². The molecule has 0 N–H and O–H groups in total. The second-order valence-electron chi connectivity index (χ2n) is 6.22. The van der Waals surface area contributed by atoms with E-state index in [9.17, 15) is 18.0 Å². The first-order valence-corrected chi connectivity index (χ1v) is 8.40. The van der Waals surface area contributed by atoms with Crippen molar-refractivity contribution in [1.82, 2.24) is 9.80 Å². The van der Waals surface area contributed by atoms with Crippen molar-refractivity contribution in [2.45, 2.75) is 6.54 Å². The van der Waals surface area contributed by atoms with E-state index in [4.69, 9.17) is 0 Å². The summed E-state index contributed by atoms with van der Waals surface area (Å²) in [5.74, 6) is -2.65. The van der Waals surface area contributed by atoms with Gasteiger partial charge in [-0.2, -0.15) is 0 Å². The van der Waals surface area contributed by atoms with Crippen LogP contribution in [0.15, 0.2) is 54.7 Å². The van der Waals surface area contributed by atoms with Crippen LogP contribution in [0.5, 0.6) is 0 Å². The van der Waals surface area contributed by atoms with E-state index < -0.39 is 23.0 Å². The molecular formula is C20H19F3N2O. The molecule has 0 aliphatic carbocycles. The summed E-state index contributed by atoms with van der Waals surface area (Å²) in [6.07, 6.45) is 2.79. The topological polar surface area (TPSA) is 23.6 Å². The Labute approximate surface area is 150 Å². The normalized spacial score (nSPS) is 15.6. The molecule has 0 radical (unpaired) electrons. The molecular weight excluding hydrogens is 341 g/mol. The number of carbonyl (C=O) groups is 1. The van der Waals surface area contributed by atoms with E-state index in [1.807, 2.05) is 4.90 Å². The van der Waals surface area contributed by atoms with Crippen LogP contribution < -0.4 is 0 Å². The van der Waals surface area contributed by atoms with Gasteiger partial charge < -0.3 is 4.90 Å². The molecule has 136 valence electrons. The van der Waals surface area contributed by atoms with E-state index in [-0.39, 0.29) is 5.82 Å². The Morgan fingerprint density at radius 1 is 0.923 bits per heavy atom. The lowest BCUT2D eigenvalue weighted by Crippen LogP contribution is -2.43. The van der Waals surface area contributed by atoms with Crippen LogP contribution in [0.4, 0.5) is 13.2 Å². The Kier molecular flexibility index (Phi) is 5.73. The molecule has 1 aliphatic heterocycles. The monoisotopic (exact) mass is 360 g/mol. The van der Waals surface area contributed by atoms with Crippen molar-refractivity contribution in [1.29, 1.82) is 0 Å². The van der Waals surface area contributed by atoms with Crippen LogP contribution in [0.3, 0.4) is 0 Å². The summed E-state index contributed by atoms with van der Waals surface area (Å²) in [6, 6.07) is 9.79. The van der Waals surface area contributed by atoms with Gasteiger partial charge in [-0.25, -0.2) is 13.2 Å². The van der Waals surface area contributed by atoms with Crippen molar-refractivity contribution in [3.8, 4) is 0 Å². The molecule has 0 unspecified atom stereocenters. The maximum absolute atomic E-state index is 13.6. The van der Waals surface area contributed by atoms with E-state index >= 15 is 0 Å². The Morgan fingerprint density at radius 3 is 2.15 bits per heavy atom. The van der Waals surface area contributed by atoms with Gasteiger partial charge in [0.25, 0.3) is 0 Å². The first-order chi connectivity index (χ1) is 12.5. The zero-order valence-corrected chi connectivity index (χ0v) is 14.2. The van der Waals surface area contributed by atoms with E-state index in [0.29, 0.717) is 13.1 Å². The fourth-order valence-corrected chi connectivity index (χ4v) is 2.91. The summed E-state index contributed by atoms with van der Waals surface area (Å²) in [4.78, 5) is 16.2. The molecule has 0 saturated carbocycles. The summed E-state index contributed by atoms with van der Waals surface area (Å²) < 4.78 is 40.2. The Balaban J connectivity index is 1.53. The predicted molar refractivity (Wildman–Crippen MR) is 93.1 cm³/mol. The van der Waals surface area contributed by atoms with Gasteiger partial charge in [0.2, 0.25) is 0 Å². The largest absolute Gasteiger partial charge is 0.375 e. The molecule has 1 saturated heterocycles. The summed E-state index contributed by atoms with van der Waals surface area (Å²) in [7, 11) is 0. The number of benzene rings is 2. The van der Waals surface area contributed by atoms with Gasteiger partial charge in [0.15, 0.2) is 5.78 Å². The van der Waals surface area contributed by atoms with Gasteiger partial charge in [-0.3, -0.25) is 9.69 Å². The summed E-state index contributed by atoms with van der Waals surface area (Å²) >= 11 is 0. The second kappa shape index (κ2) is 8.19. The molecule has 3 nitrogen and oxygen atoms in total. The number of rotatable bonds is 5. The third-order valence-corrected chi connectivity index (χ3v) is 4.37. The lowest BCUT2D eigenvalue weighted by atomic mass is 10.1. The fraction of sp³-hybridized carbons (Fsp3) is 0.250. The van der Waals surface area contributed by atoms with Gasteiger partial charge in [-0.1, -0.05) is 18.2 Å². The van der Waals surface area contributed by atoms with Gasteiger partial charge in [0, 0.05) is 45.0 Å². The number of halogens is 3. The highest BCUT2D eigenvalue weighted by Crippen LogP contribution is 2.14. The van der Waals surface area contributed by atoms with Crippen molar-refractivity contribution >= 4 is 5.78 Å². The van der Waals surface area contributed by atoms with Crippen LogP contribution in [0, 0.1) is 17.5 Å². The lowest BCUT2D eigenvalue weighted by Gasteiger charge is -2.34. The number of allylic oxidation sites excluding steroid dienone is 1. The van der Waals surface area contributed by atoms with Gasteiger partial charge in [-0.05, 0) is 29.8 Å². The number of hydrogen-bond donors (Lipinski definition) is 0.